The number of carbonyl (C=O) groups excluding carboxylic acids is 1. The van der Waals surface area contributed by atoms with Gasteiger partial charge in [0, 0.05) is 6.54 Å². The van der Waals surface area contributed by atoms with E-state index in [0.29, 0.717) is 6.54 Å². The van der Waals surface area contributed by atoms with Crippen LogP contribution < -0.4 is 5.32 Å². The van der Waals surface area contributed by atoms with Crippen LogP contribution in [0, 0.1) is 16.7 Å². The zero-order valence-corrected chi connectivity index (χ0v) is 10.3. The maximum atomic E-state index is 11.3. The topological polar surface area (TPSA) is 62.1 Å². The van der Waals surface area contributed by atoms with E-state index in [0.717, 1.165) is 25.7 Å². The van der Waals surface area contributed by atoms with Gasteiger partial charge in [-0.2, -0.15) is 5.26 Å². The summed E-state index contributed by atoms with van der Waals surface area (Å²) >= 11 is 0. The molecule has 1 N–H and O–H groups in total. The van der Waals surface area contributed by atoms with Gasteiger partial charge in [0.25, 0.3) is 0 Å². The smallest absolute Gasteiger partial charge is 0.407 e. The number of hydrogen-bond acceptors (Lipinski definition) is 3. The molecule has 0 atom stereocenters. The summed E-state index contributed by atoms with van der Waals surface area (Å²) in [7, 11) is 0. The number of nitrogens with zero attached hydrogens (tertiary/aromatic N) is 1. The second-order valence-electron chi connectivity index (χ2n) is 5.42. The van der Waals surface area contributed by atoms with Crippen molar-refractivity contribution in [1.29, 1.82) is 5.26 Å². The van der Waals surface area contributed by atoms with Gasteiger partial charge in [-0.05, 0) is 40.0 Å². The molecule has 1 aliphatic rings. The molecule has 0 heterocycles. The zero-order chi connectivity index (χ0) is 12.2. The molecular formula is C12H20N2O2. The van der Waals surface area contributed by atoms with Gasteiger partial charge in [-0.1, -0.05) is 6.42 Å². The molecule has 0 aromatic rings. The van der Waals surface area contributed by atoms with Gasteiger partial charge >= 0.3 is 6.09 Å². The molecule has 0 aromatic heterocycles. The van der Waals surface area contributed by atoms with Crippen molar-refractivity contribution in [2.75, 3.05) is 6.54 Å². The van der Waals surface area contributed by atoms with Gasteiger partial charge in [0.15, 0.2) is 0 Å². The number of rotatable bonds is 3. The van der Waals surface area contributed by atoms with Crippen LogP contribution in [0.4, 0.5) is 4.79 Å². The third-order valence-electron chi connectivity index (χ3n) is 2.82. The van der Waals surface area contributed by atoms with E-state index in [1.165, 1.54) is 0 Å². The highest BCUT2D eigenvalue weighted by Gasteiger charge is 2.36. The maximum Gasteiger partial charge on any atom is 0.407 e. The maximum absolute atomic E-state index is 11.3. The fourth-order valence-corrected chi connectivity index (χ4v) is 1.74. The largest absolute Gasteiger partial charge is 0.444 e. The van der Waals surface area contributed by atoms with E-state index in [2.05, 4.69) is 11.4 Å². The van der Waals surface area contributed by atoms with E-state index < -0.39 is 11.7 Å². The number of hydrogen-bond donors (Lipinski definition) is 1. The Morgan fingerprint density at radius 2 is 2.12 bits per heavy atom. The fourth-order valence-electron chi connectivity index (χ4n) is 1.74. The van der Waals surface area contributed by atoms with E-state index in [9.17, 15) is 4.79 Å². The summed E-state index contributed by atoms with van der Waals surface area (Å²) in [5, 5.41) is 11.7. The molecule has 1 saturated carbocycles. The van der Waals surface area contributed by atoms with Crippen LogP contribution in [0.2, 0.25) is 0 Å². The first kappa shape index (κ1) is 12.8. The van der Waals surface area contributed by atoms with Crippen LogP contribution in [-0.2, 0) is 4.74 Å². The second kappa shape index (κ2) is 4.73. The lowest BCUT2D eigenvalue weighted by Crippen LogP contribution is -2.36. The quantitative estimate of drug-likeness (QED) is 0.801. The Balaban J connectivity index is 2.21. The van der Waals surface area contributed by atoms with Gasteiger partial charge in [-0.25, -0.2) is 4.79 Å². The van der Waals surface area contributed by atoms with Crippen molar-refractivity contribution in [3.05, 3.63) is 0 Å². The number of alkyl carbamates (subject to hydrolysis) is 1. The Morgan fingerprint density at radius 3 is 2.50 bits per heavy atom. The normalized spacial score (nSPS) is 18.1. The molecule has 4 heteroatoms. The molecule has 0 bridgehead atoms. The van der Waals surface area contributed by atoms with Gasteiger partial charge in [0.2, 0.25) is 0 Å². The van der Waals surface area contributed by atoms with Crippen molar-refractivity contribution < 1.29 is 9.53 Å². The molecule has 0 aromatic carbocycles. The Hall–Kier alpha value is -1.24. The number of nitrogens with one attached hydrogen (secondary N) is 1. The molecule has 0 radical (unpaired) electrons. The monoisotopic (exact) mass is 224 g/mol. The van der Waals surface area contributed by atoms with Crippen LogP contribution in [0.3, 0.4) is 0 Å². The second-order valence-corrected chi connectivity index (χ2v) is 5.42. The summed E-state index contributed by atoms with van der Waals surface area (Å²) in [6.45, 7) is 6.00. The standard InChI is InChI=1S/C12H20N2O2/c1-11(2,3)16-10(15)14-8-7-12(9-13)5-4-6-12/h4-8H2,1-3H3,(H,14,15). The Labute approximate surface area is 97.0 Å². The summed E-state index contributed by atoms with van der Waals surface area (Å²) in [6, 6.07) is 2.34. The van der Waals surface area contributed by atoms with Crippen molar-refractivity contribution in [2.45, 2.75) is 52.1 Å². The first-order chi connectivity index (χ1) is 7.37. The van der Waals surface area contributed by atoms with Crippen molar-refractivity contribution >= 4 is 6.09 Å². The lowest BCUT2D eigenvalue weighted by atomic mass is 9.68. The minimum atomic E-state index is -0.465. The number of nitriles is 1. The van der Waals surface area contributed by atoms with Gasteiger partial charge in [0.05, 0.1) is 11.5 Å². The van der Waals surface area contributed by atoms with Gasteiger partial charge < -0.3 is 10.1 Å². The number of amides is 1. The molecule has 0 spiro atoms. The third kappa shape index (κ3) is 3.73. The molecule has 4 nitrogen and oxygen atoms in total. The highest BCUT2D eigenvalue weighted by Crippen LogP contribution is 2.42. The van der Waals surface area contributed by atoms with E-state index in [-0.39, 0.29) is 5.41 Å². The summed E-state index contributed by atoms with van der Waals surface area (Å²) in [5.41, 5.74) is -0.650. The fraction of sp³-hybridized carbons (Fsp3) is 0.833. The molecule has 1 rings (SSSR count). The molecular weight excluding hydrogens is 204 g/mol. The van der Waals surface area contributed by atoms with Gasteiger partial charge in [-0.3, -0.25) is 0 Å². The van der Waals surface area contributed by atoms with E-state index in [1.807, 2.05) is 20.8 Å². The minimum Gasteiger partial charge on any atom is -0.444 e. The van der Waals surface area contributed by atoms with E-state index in [1.54, 1.807) is 0 Å². The molecule has 1 amide bonds. The van der Waals surface area contributed by atoms with Crippen LogP contribution in [0.1, 0.15) is 46.5 Å². The Morgan fingerprint density at radius 1 is 1.50 bits per heavy atom. The van der Waals surface area contributed by atoms with Crippen LogP contribution >= 0.6 is 0 Å². The van der Waals surface area contributed by atoms with Gasteiger partial charge in [0.1, 0.15) is 5.60 Å². The summed E-state index contributed by atoms with van der Waals surface area (Å²) in [4.78, 5) is 11.3. The summed E-state index contributed by atoms with van der Waals surface area (Å²) in [6.07, 6.45) is 3.36. The highest BCUT2D eigenvalue weighted by molar-refractivity contribution is 5.67. The SMILES string of the molecule is CC(C)(C)OC(=O)NCCC1(C#N)CCC1. The average molecular weight is 224 g/mol. The third-order valence-corrected chi connectivity index (χ3v) is 2.82. The van der Waals surface area contributed by atoms with Crippen molar-refractivity contribution in [3.8, 4) is 6.07 Å². The minimum absolute atomic E-state index is 0.186. The summed E-state index contributed by atoms with van der Waals surface area (Å²) < 4.78 is 5.10. The lowest BCUT2D eigenvalue weighted by molar-refractivity contribution is 0.0517. The molecule has 1 aliphatic carbocycles. The number of carbonyl (C=O) groups is 1. The van der Waals surface area contributed by atoms with E-state index >= 15 is 0 Å². The van der Waals surface area contributed by atoms with Crippen LogP contribution in [-0.4, -0.2) is 18.2 Å². The number of ether oxygens (including phenoxy) is 1. The van der Waals surface area contributed by atoms with Crippen LogP contribution in [0.5, 0.6) is 0 Å². The van der Waals surface area contributed by atoms with Crippen LogP contribution in [0.25, 0.3) is 0 Å². The molecule has 1 fully saturated rings. The predicted octanol–water partition coefficient (Wildman–Crippen LogP) is 2.60. The van der Waals surface area contributed by atoms with E-state index in [4.69, 9.17) is 10.00 Å². The zero-order valence-electron chi connectivity index (χ0n) is 10.3. The predicted molar refractivity (Wildman–Crippen MR) is 60.8 cm³/mol. The lowest BCUT2D eigenvalue weighted by Gasteiger charge is -2.35. The average Bonchev–Trinajstić information content (AvgIpc) is 2.06. The molecule has 90 valence electrons. The first-order valence-electron chi connectivity index (χ1n) is 5.75. The van der Waals surface area contributed by atoms with Gasteiger partial charge in [-0.15, -0.1) is 0 Å². The van der Waals surface area contributed by atoms with Crippen molar-refractivity contribution in [1.82, 2.24) is 5.32 Å². The van der Waals surface area contributed by atoms with Crippen molar-refractivity contribution in [3.63, 3.8) is 0 Å². The molecule has 0 unspecified atom stereocenters. The molecule has 0 aliphatic heterocycles. The highest BCUT2D eigenvalue weighted by atomic mass is 16.6. The summed E-state index contributed by atoms with van der Waals surface area (Å²) in [5.74, 6) is 0. The Bertz CT molecular complexity index is 295. The Kier molecular flexibility index (Phi) is 3.79. The van der Waals surface area contributed by atoms with Crippen LogP contribution in [0.15, 0.2) is 0 Å². The molecule has 16 heavy (non-hydrogen) atoms. The first-order valence-corrected chi connectivity index (χ1v) is 5.75. The van der Waals surface area contributed by atoms with Crippen molar-refractivity contribution in [2.24, 2.45) is 5.41 Å². The molecule has 0 saturated heterocycles.